The SMILES string of the molecule is CCOc1cc(/C=C2\SC(=Nc3ccc(OC)cc3)N(Cc3ccc(C(=O)O)cc3)C2=O)ccc1OC. The smallest absolute Gasteiger partial charge is 0.335 e. The molecular formula is C28H26N2O6S. The van der Waals surface area contributed by atoms with Crippen LogP contribution >= 0.6 is 11.8 Å². The van der Waals surface area contributed by atoms with E-state index in [1.54, 1.807) is 55.5 Å². The lowest BCUT2D eigenvalue weighted by Gasteiger charge is -2.16. The monoisotopic (exact) mass is 518 g/mol. The average molecular weight is 519 g/mol. The van der Waals surface area contributed by atoms with E-state index in [1.165, 1.54) is 23.9 Å². The number of benzene rings is 3. The van der Waals surface area contributed by atoms with Gasteiger partial charge in [-0.3, -0.25) is 9.69 Å². The standard InChI is InChI=1S/C28H26N2O6S/c1-4-36-24-15-19(7-14-23(24)35-3)16-25-26(31)30(17-18-5-8-20(9-6-18)27(32)33)28(37-25)29-21-10-12-22(34-2)13-11-21/h5-16H,4,17H2,1-3H3,(H,32,33)/b25-16-,29-28?. The molecule has 0 bridgehead atoms. The molecule has 0 spiro atoms. The van der Waals surface area contributed by atoms with Crippen LogP contribution in [0, 0.1) is 0 Å². The molecular weight excluding hydrogens is 492 g/mol. The maximum Gasteiger partial charge on any atom is 0.335 e. The third-order valence-electron chi connectivity index (χ3n) is 5.51. The van der Waals surface area contributed by atoms with Gasteiger partial charge in [-0.1, -0.05) is 18.2 Å². The number of rotatable bonds is 9. The third-order valence-corrected chi connectivity index (χ3v) is 6.52. The van der Waals surface area contributed by atoms with E-state index in [1.807, 2.05) is 31.2 Å². The molecule has 4 rings (SSSR count). The minimum Gasteiger partial charge on any atom is -0.497 e. The zero-order valence-corrected chi connectivity index (χ0v) is 21.5. The second-order valence-electron chi connectivity index (χ2n) is 7.94. The Hall–Kier alpha value is -4.24. The van der Waals surface area contributed by atoms with Crippen molar-refractivity contribution in [2.75, 3.05) is 20.8 Å². The van der Waals surface area contributed by atoms with Gasteiger partial charge in [-0.05, 0) is 84.4 Å². The molecule has 1 aliphatic heterocycles. The van der Waals surface area contributed by atoms with E-state index in [4.69, 9.17) is 19.2 Å². The van der Waals surface area contributed by atoms with Crippen LogP contribution in [0.5, 0.6) is 17.2 Å². The van der Waals surface area contributed by atoms with Crippen molar-refractivity contribution in [3.8, 4) is 17.2 Å². The summed E-state index contributed by atoms with van der Waals surface area (Å²) in [5.41, 5.74) is 2.43. The van der Waals surface area contributed by atoms with Crippen molar-refractivity contribution in [2.24, 2.45) is 4.99 Å². The van der Waals surface area contributed by atoms with Crippen molar-refractivity contribution < 1.29 is 28.9 Å². The van der Waals surface area contributed by atoms with Crippen LogP contribution in [0.3, 0.4) is 0 Å². The first kappa shape index (κ1) is 25.8. The molecule has 0 atom stereocenters. The Bertz CT molecular complexity index is 1350. The number of carboxylic acids is 1. The number of amidine groups is 1. The van der Waals surface area contributed by atoms with Crippen LogP contribution in [0.25, 0.3) is 6.08 Å². The lowest BCUT2D eigenvalue weighted by atomic mass is 10.1. The van der Waals surface area contributed by atoms with Crippen molar-refractivity contribution in [1.29, 1.82) is 0 Å². The fourth-order valence-electron chi connectivity index (χ4n) is 3.64. The number of nitrogens with zero attached hydrogens (tertiary/aromatic N) is 2. The van der Waals surface area contributed by atoms with E-state index in [-0.39, 0.29) is 18.0 Å². The van der Waals surface area contributed by atoms with Gasteiger partial charge in [-0.2, -0.15) is 0 Å². The Kier molecular flexibility index (Phi) is 8.15. The molecule has 1 aliphatic rings. The second kappa shape index (κ2) is 11.7. The summed E-state index contributed by atoms with van der Waals surface area (Å²) in [5.74, 6) is 0.713. The lowest BCUT2D eigenvalue weighted by molar-refractivity contribution is -0.122. The molecule has 0 aromatic heterocycles. The summed E-state index contributed by atoms with van der Waals surface area (Å²) in [5, 5.41) is 9.70. The van der Waals surface area contributed by atoms with Gasteiger partial charge in [0, 0.05) is 0 Å². The number of ether oxygens (including phenoxy) is 3. The molecule has 1 heterocycles. The van der Waals surface area contributed by atoms with Crippen LogP contribution in [0.4, 0.5) is 5.69 Å². The first-order chi connectivity index (χ1) is 17.9. The zero-order valence-electron chi connectivity index (χ0n) is 20.6. The summed E-state index contributed by atoms with van der Waals surface area (Å²) >= 11 is 1.27. The fraction of sp³-hybridized carbons (Fsp3) is 0.179. The van der Waals surface area contributed by atoms with Gasteiger partial charge >= 0.3 is 5.97 Å². The first-order valence-corrected chi connectivity index (χ1v) is 12.3. The lowest BCUT2D eigenvalue weighted by Crippen LogP contribution is -2.28. The Morgan fingerprint density at radius 2 is 1.73 bits per heavy atom. The average Bonchev–Trinajstić information content (AvgIpc) is 3.18. The highest BCUT2D eigenvalue weighted by Gasteiger charge is 2.33. The second-order valence-corrected chi connectivity index (χ2v) is 8.95. The molecule has 1 fully saturated rings. The predicted octanol–water partition coefficient (Wildman–Crippen LogP) is 5.60. The Morgan fingerprint density at radius 3 is 2.35 bits per heavy atom. The number of methoxy groups -OCH3 is 2. The van der Waals surface area contributed by atoms with Crippen LogP contribution in [0.1, 0.15) is 28.4 Å². The van der Waals surface area contributed by atoms with Crippen molar-refractivity contribution in [2.45, 2.75) is 13.5 Å². The Labute approximate surface area is 219 Å². The number of aliphatic imine (C=N–C) groups is 1. The molecule has 190 valence electrons. The predicted molar refractivity (Wildman–Crippen MR) is 144 cm³/mol. The summed E-state index contributed by atoms with van der Waals surface area (Å²) < 4.78 is 16.3. The van der Waals surface area contributed by atoms with Crippen LogP contribution in [-0.4, -0.2) is 47.9 Å². The maximum absolute atomic E-state index is 13.5. The number of hydrogen-bond donors (Lipinski definition) is 1. The number of carboxylic acid groups (broad SMARTS) is 1. The van der Waals surface area contributed by atoms with Gasteiger partial charge in [-0.25, -0.2) is 9.79 Å². The topological polar surface area (TPSA) is 97.7 Å². The quantitative estimate of drug-likeness (QED) is 0.368. The molecule has 9 heteroatoms. The van der Waals surface area contributed by atoms with Crippen molar-refractivity contribution in [3.63, 3.8) is 0 Å². The van der Waals surface area contributed by atoms with Crippen LogP contribution < -0.4 is 14.2 Å². The maximum atomic E-state index is 13.5. The molecule has 0 aliphatic carbocycles. The highest BCUT2D eigenvalue weighted by Crippen LogP contribution is 2.37. The molecule has 8 nitrogen and oxygen atoms in total. The van der Waals surface area contributed by atoms with E-state index in [2.05, 4.69) is 0 Å². The molecule has 0 saturated carbocycles. The molecule has 3 aromatic rings. The van der Waals surface area contributed by atoms with Crippen molar-refractivity contribution in [3.05, 3.63) is 88.3 Å². The van der Waals surface area contributed by atoms with Gasteiger partial charge in [-0.15, -0.1) is 0 Å². The van der Waals surface area contributed by atoms with Gasteiger partial charge in [0.15, 0.2) is 16.7 Å². The van der Waals surface area contributed by atoms with Crippen LogP contribution in [0.2, 0.25) is 0 Å². The highest BCUT2D eigenvalue weighted by molar-refractivity contribution is 8.18. The van der Waals surface area contributed by atoms with E-state index >= 15 is 0 Å². The third kappa shape index (κ3) is 6.13. The van der Waals surface area contributed by atoms with E-state index in [9.17, 15) is 14.7 Å². The molecule has 1 saturated heterocycles. The molecule has 0 radical (unpaired) electrons. The van der Waals surface area contributed by atoms with Crippen molar-refractivity contribution >= 4 is 40.6 Å². The van der Waals surface area contributed by atoms with E-state index in [0.29, 0.717) is 39.6 Å². The molecule has 0 unspecified atom stereocenters. The van der Waals surface area contributed by atoms with Crippen molar-refractivity contribution in [1.82, 2.24) is 4.90 Å². The van der Waals surface area contributed by atoms with Gasteiger partial charge in [0.05, 0.1) is 43.5 Å². The van der Waals surface area contributed by atoms with Crippen LogP contribution in [-0.2, 0) is 11.3 Å². The molecule has 1 N–H and O–H groups in total. The zero-order chi connectivity index (χ0) is 26.4. The first-order valence-electron chi connectivity index (χ1n) is 11.5. The van der Waals surface area contributed by atoms with Gasteiger partial charge in [0.25, 0.3) is 5.91 Å². The normalized spacial score (nSPS) is 15.3. The number of amides is 1. The number of carbonyl (C=O) groups excluding carboxylic acids is 1. The highest BCUT2D eigenvalue weighted by atomic mass is 32.2. The number of thioether (sulfide) groups is 1. The van der Waals surface area contributed by atoms with Gasteiger partial charge in [0.1, 0.15) is 5.75 Å². The number of aromatic carboxylic acids is 1. The summed E-state index contributed by atoms with van der Waals surface area (Å²) in [7, 11) is 3.17. The van der Waals surface area contributed by atoms with Gasteiger partial charge in [0.2, 0.25) is 0 Å². The molecule has 3 aromatic carbocycles. The largest absolute Gasteiger partial charge is 0.497 e. The number of hydrogen-bond acceptors (Lipinski definition) is 7. The molecule has 1 amide bonds. The minimum atomic E-state index is -1.00. The minimum absolute atomic E-state index is 0.184. The summed E-state index contributed by atoms with van der Waals surface area (Å²) in [4.78, 5) is 31.5. The Balaban J connectivity index is 1.68. The summed E-state index contributed by atoms with van der Waals surface area (Å²) in [6.07, 6.45) is 1.80. The molecule has 37 heavy (non-hydrogen) atoms. The number of carbonyl (C=O) groups is 2. The Morgan fingerprint density at radius 1 is 1.00 bits per heavy atom. The van der Waals surface area contributed by atoms with E-state index in [0.717, 1.165) is 11.1 Å². The van der Waals surface area contributed by atoms with Gasteiger partial charge < -0.3 is 19.3 Å². The van der Waals surface area contributed by atoms with Crippen LogP contribution in [0.15, 0.2) is 76.6 Å². The summed E-state index contributed by atoms with van der Waals surface area (Å²) in [6.45, 7) is 2.62. The van der Waals surface area contributed by atoms with E-state index < -0.39 is 5.97 Å². The summed E-state index contributed by atoms with van der Waals surface area (Å²) in [6, 6.07) is 19.2. The fourth-order valence-corrected chi connectivity index (χ4v) is 4.63.